The third kappa shape index (κ3) is 2.37. The van der Waals surface area contributed by atoms with Gasteiger partial charge in [0.05, 0.1) is 0 Å². The summed E-state index contributed by atoms with van der Waals surface area (Å²) < 4.78 is 0. The van der Waals surface area contributed by atoms with Crippen LogP contribution in [0, 0.1) is 0 Å². The van der Waals surface area contributed by atoms with Gasteiger partial charge in [-0.15, -0.1) is 0 Å². The number of carbonyl (C=O) groups is 2. The topological polar surface area (TPSA) is 40.6 Å². The Morgan fingerprint density at radius 3 is 2.06 bits per heavy atom. The average molecular weight is 240 g/mol. The number of nitrogens with zero attached hydrogens (tertiary/aromatic N) is 2. The number of hydrogen-bond acceptors (Lipinski definition) is 3. The lowest BCUT2D eigenvalue weighted by Gasteiger charge is -2.55. The zero-order chi connectivity index (χ0) is 13.4. The quantitative estimate of drug-likeness (QED) is 0.695. The van der Waals surface area contributed by atoms with Crippen molar-refractivity contribution in [3.8, 4) is 0 Å². The summed E-state index contributed by atoms with van der Waals surface area (Å²) in [5, 5.41) is 0. The first-order valence-corrected chi connectivity index (χ1v) is 6.33. The molecule has 1 saturated heterocycles. The molecule has 1 aliphatic rings. The van der Waals surface area contributed by atoms with Gasteiger partial charge in [-0.2, -0.15) is 0 Å². The number of β-lactam (4-membered cyclic amide) rings is 1. The van der Waals surface area contributed by atoms with Gasteiger partial charge in [-0.25, -0.2) is 0 Å². The van der Waals surface area contributed by atoms with Gasteiger partial charge in [0.25, 0.3) is 0 Å². The molecule has 1 aliphatic heterocycles. The lowest BCUT2D eigenvalue weighted by molar-refractivity contribution is -0.173. The predicted octanol–water partition coefficient (Wildman–Crippen LogP) is 1.30. The van der Waals surface area contributed by atoms with Crippen LogP contribution in [-0.2, 0) is 9.59 Å². The Labute approximate surface area is 104 Å². The first-order chi connectivity index (χ1) is 7.75. The molecule has 0 N–H and O–H groups in total. The van der Waals surface area contributed by atoms with Crippen molar-refractivity contribution >= 4 is 11.7 Å². The Morgan fingerprint density at radius 2 is 1.76 bits per heavy atom. The maximum absolute atomic E-state index is 12.2. The smallest absolute Gasteiger partial charge is 0.243 e. The molecule has 4 heteroatoms. The van der Waals surface area contributed by atoms with Crippen molar-refractivity contribution < 1.29 is 9.59 Å². The van der Waals surface area contributed by atoms with Gasteiger partial charge in [-0.05, 0) is 40.8 Å². The molecule has 1 heterocycles. The van der Waals surface area contributed by atoms with Gasteiger partial charge in [0.15, 0.2) is 5.78 Å². The van der Waals surface area contributed by atoms with Crippen LogP contribution in [0.4, 0.5) is 0 Å². The molecule has 2 atom stereocenters. The summed E-state index contributed by atoms with van der Waals surface area (Å²) in [4.78, 5) is 27.8. The molecule has 0 unspecified atom stereocenters. The van der Waals surface area contributed by atoms with Crippen molar-refractivity contribution in [2.45, 2.75) is 59.2 Å². The molecule has 98 valence electrons. The summed E-state index contributed by atoms with van der Waals surface area (Å²) in [6.45, 7) is 13.1. The molecular formula is C13H24N2O2. The molecule has 0 radical (unpaired) electrons. The van der Waals surface area contributed by atoms with Crippen LogP contribution < -0.4 is 0 Å². The van der Waals surface area contributed by atoms with Crippen LogP contribution in [0.15, 0.2) is 0 Å². The van der Waals surface area contributed by atoms with Crippen molar-refractivity contribution in [1.29, 1.82) is 0 Å². The second kappa shape index (κ2) is 4.77. The standard InChI is InChI=1S/C13H24N2O2/c1-7-14(8-2)11-10(9(3)16)15(12(11)17)13(4,5)6/h10-11H,7-8H2,1-6H3/t10-,11-/m0/s1. The van der Waals surface area contributed by atoms with Crippen molar-refractivity contribution in [2.24, 2.45) is 0 Å². The van der Waals surface area contributed by atoms with Gasteiger partial charge in [0.2, 0.25) is 5.91 Å². The third-order valence-corrected chi connectivity index (χ3v) is 3.41. The normalized spacial score (nSPS) is 25.1. The number of likely N-dealkylation sites (tertiary alicyclic amines) is 1. The highest BCUT2D eigenvalue weighted by molar-refractivity contribution is 6.02. The van der Waals surface area contributed by atoms with Crippen molar-refractivity contribution in [2.75, 3.05) is 13.1 Å². The minimum Gasteiger partial charge on any atom is -0.324 e. The number of carbonyl (C=O) groups excluding carboxylic acids is 2. The van der Waals surface area contributed by atoms with E-state index in [0.717, 1.165) is 13.1 Å². The summed E-state index contributed by atoms with van der Waals surface area (Å²) >= 11 is 0. The van der Waals surface area contributed by atoms with Gasteiger partial charge < -0.3 is 4.90 Å². The van der Waals surface area contributed by atoms with E-state index in [1.165, 1.54) is 0 Å². The van der Waals surface area contributed by atoms with Gasteiger partial charge in [-0.1, -0.05) is 13.8 Å². The molecule has 1 amide bonds. The Bertz CT molecular complexity index is 316. The van der Waals surface area contributed by atoms with E-state index in [1.54, 1.807) is 11.8 Å². The SMILES string of the molecule is CCN(CC)[C@@H]1C(=O)N(C(C)(C)C)[C@H]1C(C)=O. The molecule has 0 aliphatic carbocycles. The van der Waals surface area contributed by atoms with Crippen LogP contribution in [0.25, 0.3) is 0 Å². The molecule has 0 bridgehead atoms. The van der Waals surface area contributed by atoms with Crippen molar-refractivity contribution in [3.05, 3.63) is 0 Å². The maximum atomic E-state index is 12.2. The van der Waals surface area contributed by atoms with E-state index in [1.807, 2.05) is 34.6 Å². The van der Waals surface area contributed by atoms with Crippen LogP contribution in [-0.4, -0.2) is 52.2 Å². The maximum Gasteiger partial charge on any atom is 0.243 e. The molecule has 17 heavy (non-hydrogen) atoms. The largest absolute Gasteiger partial charge is 0.324 e. The highest BCUT2D eigenvalue weighted by Crippen LogP contribution is 2.32. The Morgan fingerprint density at radius 1 is 1.29 bits per heavy atom. The lowest BCUT2D eigenvalue weighted by atomic mass is 9.84. The second-order valence-electron chi connectivity index (χ2n) is 5.60. The zero-order valence-electron chi connectivity index (χ0n) is 11.8. The number of rotatable bonds is 4. The zero-order valence-corrected chi connectivity index (χ0v) is 11.8. The summed E-state index contributed by atoms with van der Waals surface area (Å²) in [6, 6.07) is -0.524. The number of Topliss-reactive ketones (excluding diaryl/α,β-unsaturated/α-hetero) is 1. The molecule has 0 saturated carbocycles. The Balaban J connectivity index is 2.97. The Hall–Kier alpha value is -0.900. The van der Waals surface area contributed by atoms with Gasteiger partial charge in [0.1, 0.15) is 12.1 Å². The van der Waals surface area contributed by atoms with E-state index in [0.29, 0.717) is 0 Å². The average Bonchev–Trinajstić information content (AvgIpc) is 2.18. The summed E-state index contributed by atoms with van der Waals surface area (Å²) in [7, 11) is 0. The number of ketones is 1. The highest BCUT2D eigenvalue weighted by Gasteiger charge is 2.55. The summed E-state index contributed by atoms with van der Waals surface area (Å²) in [5.41, 5.74) is -0.281. The van der Waals surface area contributed by atoms with Crippen LogP contribution >= 0.6 is 0 Å². The van der Waals surface area contributed by atoms with Crippen LogP contribution in [0.3, 0.4) is 0 Å². The van der Waals surface area contributed by atoms with E-state index in [2.05, 4.69) is 4.90 Å². The molecule has 0 aromatic carbocycles. The number of amides is 1. The fourth-order valence-corrected chi connectivity index (χ4v) is 2.60. The molecule has 0 aromatic heterocycles. The van der Waals surface area contributed by atoms with Crippen LogP contribution in [0.2, 0.25) is 0 Å². The molecule has 1 rings (SSSR count). The lowest BCUT2D eigenvalue weighted by Crippen LogP contribution is -2.76. The van der Waals surface area contributed by atoms with Crippen molar-refractivity contribution in [3.63, 3.8) is 0 Å². The van der Waals surface area contributed by atoms with Crippen molar-refractivity contribution in [1.82, 2.24) is 9.80 Å². The highest BCUT2D eigenvalue weighted by atomic mass is 16.2. The van der Waals surface area contributed by atoms with E-state index in [9.17, 15) is 9.59 Å². The van der Waals surface area contributed by atoms with Gasteiger partial charge >= 0.3 is 0 Å². The minimum absolute atomic E-state index is 0.0800. The van der Waals surface area contributed by atoms with E-state index in [4.69, 9.17) is 0 Å². The number of likely N-dealkylation sites (N-methyl/N-ethyl adjacent to an activating group) is 1. The monoisotopic (exact) mass is 240 g/mol. The summed E-state index contributed by atoms with van der Waals surface area (Å²) in [5.74, 6) is 0.165. The fourth-order valence-electron chi connectivity index (χ4n) is 2.60. The van der Waals surface area contributed by atoms with E-state index < -0.39 is 0 Å². The van der Waals surface area contributed by atoms with E-state index in [-0.39, 0.29) is 29.3 Å². The van der Waals surface area contributed by atoms with Gasteiger partial charge in [-0.3, -0.25) is 14.5 Å². The molecule has 0 spiro atoms. The molecule has 0 aromatic rings. The fraction of sp³-hybridized carbons (Fsp3) is 0.846. The molecule has 4 nitrogen and oxygen atoms in total. The summed E-state index contributed by atoms with van der Waals surface area (Å²) in [6.07, 6.45) is 0. The first-order valence-electron chi connectivity index (χ1n) is 6.33. The van der Waals surface area contributed by atoms with E-state index >= 15 is 0 Å². The second-order valence-corrected chi connectivity index (χ2v) is 5.60. The first kappa shape index (κ1) is 14.2. The molecular weight excluding hydrogens is 216 g/mol. The predicted molar refractivity (Wildman–Crippen MR) is 67.8 cm³/mol. The number of hydrogen-bond donors (Lipinski definition) is 0. The van der Waals surface area contributed by atoms with Gasteiger partial charge in [0, 0.05) is 5.54 Å². The van der Waals surface area contributed by atoms with Crippen LogP contribution in [0.1, 0.15) is 41.5 Å². The Kier molecular flexibility index (Phi) is 3.97. The minimum atomic E-state index is -0.281. The van der Waals surface area contributed by atoms with Crippen LogP contribution in [0.5, 0.6) is 0 Å². The third-order valence-electron chi connectivity index (χ3n) is 3.41. The molecule has 1 fully saturated rings.